The normalized spacial score (nSPS) is 11.5. The van der Waals surface area contributed by atoms with Crippen LogP contribution in [0.4, 0.5) is 0 Å². The Balaban J connectivity index is 1.80. The first-order valence-corrected chi connectivity index (χ1v) is 11.7. The molecule has 0 aliphatic rings. The molecule has 0 radical (unpaired) electrons. The van der Waals surface area contributed by atoms with Crippen molar-refractivity contribution in [2.45, 2.75) is 96.8 Å². The van der Waals surface area contributed by atoms with E-state index in [-0.39, 0.29) is 5.97 Å². The summed E-state index contributed by atoms with van der Waals surface area (Å²) in [5.41, 5.74) is 0.529. The summed E-state index contributed by atoms with van der Waals surface area (Å²) in [7, 11) is 0. The molecule has 162 valence electrons. The van der Waals surface area contributed by atoms with Gasteiger partial charge in [-0.15, -0.1) is 0 Å². The molecule has 1 rings (SSSR count). The largest absolute Gasteiger partial charge is 0.462 e. The van der Waals surface area contributed by atoms with Gasteiger partial charge in [0, 0.05) is 12.4 Å². The van der Waals surface area contributed by atoms with E-state index in [0.29, 0.717) is 12.2 Å². The predicted octanol–water partition coefficient (Wildman–Crippen LogP) is 7.83. The number of hydrogen-bond acceptors (Lipinski definition) is 3. The van der Waals surface area contributed by atoms with Gasteiger partial charge in [0.2, 0.25) is 0 Å². The molecule has 0 aliphatic heterocycles. The van der Waals surface area contributed by atoms with Crippen molar-refractivity contribution in [1.82, 2.24) is 4.98 Å². The molecule has 3 heteroatoms. The standard InChI is InChI=1S/C26H41NO2/c1-2-3-4-5-6-7-8-9-10-11-12-13-14-15-16-17-18-19-23-29-26(28)25-21-20-22-27-24-25/h6-7,9-10,20-22,24H,2-5,8,11-19,23H2,1H3/b7-6+,10-9+. The molecule has 1 aromatic heterocycles. The first kappa shape index (κ1) is 25.1. The number of allylic oxidation sites excluding steroid dienone is 4. The van der Waals surface area contributed by atoms with Gasteiger partial charge in [0.15, 0.2) is 0 Å². The van der Waals surface area contributed by atoms with Gasteiger partial charge >= 0.3 is 5.97 Å². The van der Waals surface area contributed by atoms with Crippen molar-refractivity contribution in [2.24, 2.45) is 0 Å². The molecule has 1 aromatic rings. The van der Waals surface area contributed by atoms with E-state index in [1.54, 1.807) is 24.5 Å². The zero-order valence-corrected chi connectivity index (χ0v) is 18.5. The third-order valence-electron chi connectivity index (χ3n) is 4.98. The summed E-state index contributed by atoms with van der Waals surface area (Å²) in [6.45, 7) is 2.76. The van der Waals surface area contributed by atoms with Crippen molar-refractivity contribution in [3.05, 3.63) is 54.4 Å². The van der Waals surface area contributed by atoms with Gasteiger partial charge in [0.05, 0.1) is 12.2 Å². The minimum Gasteiger partial charge on any atom is -0.462 e. The number of hydrogen-bond donors (Lipinski definition) is 0. The maximum Gasteiger partial charge on any atom is 0.339 e. The van der Waals surface area contributed by atoms with Crippen LogP contribution in [0.2, 0.25) is 0 Å². The quantitative estimate of drug-likeness (QED) is 0.143. The molecule has 29 heavy (non-hydrogen) atoms. The topological polar surface area (TPSA) is 39.2 Å². The van der Waals surface area contributed by atoms with Crippen molar-refractivity contribution >= 4 is 5.97 Å². The SMILES string of the molecule is CCCCC/C=C/C/C=C/CCCCCCCCCCOC(=O)c1cccnc1. The minimum absolute atomic E-state index is 0.268. The number of unbranched alkanes of at least 4 members (excludes halogenated alkanes) is 11. The molecule has 0 aromatic carbocycles. The second-order valence-corrected chi connectivity index (χ2v) is 7.67. The van der Waals surface area contributed by atoms with Gasteiger partial charge in [-0.25, -0.2) is 4.79 Å². The molecular formula is C26H41NO2. The lowest BCUT2D eigenvalue weighted by Gasteiger charge is -2.04. The Morgan fingerprint density at radius 3 is 2.10 bits per heavy atom. The number of esters is 1. The van der Waals surface area contributed by atoms with Crippen LogP contribution in [-0.2, 0) is 4.74 Å². The van der Waals surface area contributed by atoms with Crippen LogP contribution in [0, 0.1) is 0 Å². The van der Waals surface area contributed by atoms with E-state index in [9.17, 15) is 4.79 Å². The lowest BCUT2D eigenvalue weighted by Crippen LogP contribution is -2.06. The van der Waals surface area contributed by atoms with Crippen molar-refractivity contribution in [3.8, 4) is 0 Å². The van der Waals surface area contributed by atoms with Gasteiger partial charge in [0.25, 0.3) is 0 Å². The molecule has 3 nitrogen and oxygen atoms in total. The number of nitrogens with zero attached hydrogens (tertiary/aromatic N) is 1. The monoisotopic (exact) mass is 399 g/mol. The molecule has 0 saturated heterocycles. The molecular weight excluding hydrogens is 358 g/mol. The Bertz CT molecular complexity index is 551. The summed E-state index contributed by atoms with van der Waals surface area (Å²) in [6.07, 6.45) is 29.9. The van der Waals surface area contributed by atoms with Crippen LogP contribution < -0.4 is 0 Å². The predicted molar refractivity (Wildman–Crippen MR) is 123 cm³/mol. The first-order chi connectivity index (χ1) is 14.3. The van der Waals surface area contributed by atoms with Gasteiger partial charge in [-0.05, 0) is 50.7 Å². The van der Waals surface area contributed by atoms with Crippen LogP contribution in [0.25, 0.3) is 0 Å². The molecule has 0 fully saturated rings. The fraction of sp³-hybridized carbons (Fsp3) is 0.615. The lowest BCUT2D eigenvalue weighted by molar-refractivity contribution is 0.0497. The Kier molecular flexibility index (Phi) is 16.8. The van der Waals surface area contributed by atoms with Gasteiger partial charge in [-0.3, -0.25) is 4.98 Å². The molecule has 0 aliphatic carbocycles. The maximum absolute atomic E-state index is 11.8. The van der Waals surface area contributed by atoms with E-state index in [2.05, 4.69) is 36.2 Å². The smallest absolute Gasteiger partial charge is 0.339 e. The number of pyridine rings is 1. The molecule has 0 saturated carbocycles. The first-order valence-electron chi connectivity index (χ1n) is 11.7. The Morgan fingerprint density at radius 1 is 0.862 bits per heavy atom. The average Bonchev–Trinajstić information content (AvgIpc) is 2.75. The summed E-state index contributed by atoms with van der Waals surface area (Å²) in [4.78, 5) is 15.7. The van der Waals surface area contributed by atoms with Crippen LogP contribution in [-0.4, -0.2) is 17.6 Å². The maximum atomic E-state index is 11.8. The van der Waals surface area contributed by atoms with E-state index in [1.165, 1.54) is 70.6 Å². The van der Waals surface area contributed by atoms with Crippen molar-refractivity contribution in [1.29, 1.82) is 0 Å². The van der Waals surface area contributed by atoms with Gasteiger partial charge in [-0.1, -0.05) is 82.6 Å². The summed E-state index contributed by atoms with van der Waals surface area (Å²) < 4.78 is 5.27. The van der Waals surface area contributed by atoms with Crippen molar-refractivity contribution in [2.75, 3.05) is 6.61 Å². The van der Waals surface area contributed by atoms with E-state index in [1.807, 2.05) is 0 Å². The van der Waals surface area contributed by atoms with Crippen LogP contribution in [0.3, 0.4) is 0 Å². The van der Waals surface area contributed by atoms with E-state index < -0.39 is 0 Å². The van der Waals surface area contributed by atoms with Gasteiger partial charge in [-0.2, -0.15) is 0 Å². The second-order valence-electron chi connectivity index (χ2n) is 7.67. The number of aromatic nitrogens is 1. The van der Waals surface area contributed by atoms with E-state index in [4.69, 9.17) is 4.74 Å². The summed E-state index contributed by atoms with van der Waals surface area (Å²) in [6, 6.07) is 3.48. The van der Waals surface area contributed by atoms with Crippen LogP contribution in [0.5, 0.6) is 0 Å². The lowest BCUT2D eigenvalue weighted by atomic mass is 10.1. The van der Waals surface area contributed by atoms with Gasteiger partial charge < -0.3 is 4.74 Å². The Labute approximate surface area is 178 Å². The van der Waals surface area contributed by atoms with E-state index in [0.717, 1.165) is 19.3 Å². The molecule has 0 bridgehead atoms. The van der Waals surface area contributed by atoms with Crippen LogP contribution in [0.15, 0.2) is 48.8 Å². The van der Waals surface area contributed by atoms with Gasteiger partial charge in [0.1, 0.15) is 0 Å². The van der Waals surface area contributed by atoms with Crippen molar-refractivity contribution in [3.63, 3.8) is 0 Å². The molecule has 0 unspecified atom stereocenters. The third-order valence-corrected chi connectivity index (χ3v) is 4.98. The Morgan fingerprint density at radius 2 is 1.48 bits per heavy atom. The Hall–Kier alpha value is -1.90. The van der Waals surface area contributed by atoms with E-state index >= 15 is 0 Å². The average molecular weight is 400 g/mol. The number of ether oxygens (including phenoxy) is 1. The molecule has 0 spiro atoms. The molecule has 0 N–H and O–H groups in total. The minimum atomic E-state index is -0.268. The summed E-state index contributed by atoms with van der Waals surface area (Å²) in [5.74, 6) is -0.268. The van der Waals surface area contributed by atoms with Crippen LogP contribution in [0.1, 0.15) is 107 Å². The number of rotatable bonds is 18. The van der Waals surface area contributed by atoms with Crippen LogP contribution >= 0.6 is 0 Å². The molecule has 1 heterocycles. The summed E-state index contributed by atoms with van der Waals surface area (Å²) >= 11 is 0. The molecule has 0 amide bonds. The highest BCUT2D eigenvalue weighted by Gasteiger charge is 2.05. The number of carbonyl (C=O) groups excluding carboxylic acids is 1. The summed E-state index contributed by atoms with van der Waals surface area (Å²) in [5, 5.41) is 0. The highest BCUT2D eigenvalue weighted by Crippen LogP contribution is 2.10. The fourth-order valence-corrected chi connectivity index (χ4v) is 3.18. The zero-order chi connectivity index (χ0) is 20.8. The molecule has 0 atom stereocenters. The highest BCUT2D eigenvalue weighted by molar-refractivity contribution is 5.88. The zero-order valence-electron chi connectivity index (χ0n) is 18.5. The fourth-order valence-electron chi connectivity index (χ4n) is 3.18. The highest BCUT2D eigenvalue weighted by atomic mass is 16.5. The number of carbonyl (C=O) groups is 1. The second kappa shape index (κ2) is 19.4. The third kappa shape index (κ3) is 15.7. The van der Waals surface area contributed by atoms with Crippen molar-refractivity contribution < 1.29 is 9.53 Å².